The SMILES string of the molecule is CC.CNC(=O)c1cc(NC)cc(C(=O)NC)c1. The van der Waals surface area contributed by atoms with E-state index >= 15 is 0 Å². The Labute approximate surface area is 108 Å². The zero-order chi connectivity index (χ0) is 14.1. The Hall–Kier alpha value is -2.04. The second kappa shape index (κ2) is 8.11. The number of amides is 2. The number of rotatable bonds is 3. The lowest BCUT2D eigenvalue weighted by Gasteiger charge is -2.07. The molecule has 1 aromatic rings. The molecule has 1 aromatic carbocycles. The van der Waals surface area contributed by atoms with E-state index in [4.69, 9.17) is 0 Å². The Morgan fingerprint density at radius 3 is 1.50 bits per heavy atom. The van der Waals surface area contributed by atoms with Gasteiger partial charge in [-0.15, -0.1) is 0 Å². The minimum Gasteiger partial charge on any atom is -0.388 e. The first-order chi connectivity index (χ1) is 8.62. The summed E-state index contributed by atoms with van der Waals surface area (Å²) in [7, 11) is 4.83. The van der Waals surface area contributed by atoms with E-state index in [1.54, 1.807) is 39.3 Å². The predicted octanol–water partition coefficient (Wildman–Crippen LogP) is 1.47. The van der Waals surface area contributed by atoms with Crippen molar-refractivity contribution in [2.75, 3.05) is 26.5 Å². The summed E-state index contributed by atoms with van der Waals surface area (Å²) >= 11 is 0. The molecular formula is C13H21N3O2. The molecule has 2 amide bonds. The van der Waals surface area contributed by atoms with Gasteiger partial charge < -0.3 is 16.0 Å². The van der Waals surface area contributed by atoms with Gasteiger partial charge in [-0.2, -0.15) is 0 Å². The third-order valence-corrected chi connectivity index (χ3v) is 2.20. The van der Waals surface area contributed by atoms with Gasteiger partial charge in [0.15, 0.2) is 0 Å². The van der Waals surface area contributed by atoms with Crippen LogP contribution in [0.25, 0.3) is 0 Å². The highest BCUT2D eigenvalue weighted by atomic mass is 16.2. The Bertz CT molecular complexity index is 382. The summed E-state index contributed by atoms with van der Waals surface area (Å²) < 4.78 is 0. The van der Waals surface area contributed by atoms with E-state index in [-0.39, 0.29) is 11.8 Å². The quantitative estimate of drug-likeness (QED) is 0.762. The van der Waals surface area contributed by atoms with Crippen LogP contribution < -0.4 is 16.0 Å². The van der Waals surface area contributed by atoms with Crippen molar-refractivity contribution in [2.45, 2.75) is 13.8 Å². The highest BCUT2D eigenvalue weighted by Crippen LogP contribution is 2.14. The van der Waals surface area contributed by atoms with Crippen LogP contribution >= 0.6 is 0 Å². The Balaban J connectivity index is 0.00000137. The number of carbonyl (C=O) groups is 2. The number of hydrogen-bond donors (Lipinski definition) is 3. The minimum atomic E-state index is -0.220. The molecule has 5 nitrogen and oxygen atoms in total. The van der Waals surface area contributed by atoms with Crippen molar-refractivity contribution < 1.29 is 9.59 Å². The summed E-state index contributed by atoms with van der Waals surface area (Å²) in [5.41, 5.74) is 1.63. The van der Waals surface area contributed by atoms with Crippen molar-refractivity contribution in [3.63, 3.8) is 0 Å². The molecule has 18 heavy (non-hydrogen) atoms. The van der Waals surface area contributed by atoms with E-state index in [0.717, 1.165) is 5.69 Å². The highest BCUT2D eigenvalue weighted by Gasteiger charge is 2.10. The summed E-state index contributed by atoms with van der Waals surface area (Å²) in [4.78, 5) is 22.9. The molecule has 0 aliphatic carbocycles. The Morgan fingerprint density at radius 1 is 0.833 bits per heavy atom. The van der Waals surface area contributed by atoms with Crippen LogP contribution in [-0.2, 0) is 0 Å². The molecule has 0 saturated heterocycles. The number of hydrogen-bond acceptors (Lipinski definition) is 3. The molecule has 0 bridgehead atoms. The number of anilines is 1. The maximum absolute atomic E-state index is 11.5. The summed E-state index contributed by atoms with van der Waals surface area (Å²) in [5.74, 6) is -0.440. The predicted molar refractivity (Wildman–Crippen MR) is 74.1 cm³/mol. The minimum absolute atomic E-state index is 0.220. The van der Waals surface area contributed by atoms with Crippen molar-refractivity contribution >= 4 is 17.5 Å². The lowest BCUT2D eigenvalue weighted by atomic mass is 10.1. The van der Waals surface area contributed by atoms with Gasteiger partial charge >= 0.3 is 0 Å². The Morgan fingerprint density at radius 2 is 1.22 bits per heavy atom. The van der Waals surface area contributed by atoms with Gasteiger partial charge in [-0.25, -0.2) is 0 Å². The zero-order valence-corrected chi connectivity index (χ0v) is 11.5. The number of nitrogens with one attached hydrogen (secondary N) is 3. The van der Waals surface area contributed by atoms with Crippen molar-refractivity contribution in [2.24, 2.45) is 0 Å². The molecular weight excluding hydrogens is 230 g/mol. The number of carbonyl (C=O) groups excluding carboxylic acids is 2. The monoisotopic (exact) mass is 251 g/mol. The van der Waals surface area contributed by atoms with E-state index < -0.39 is 0 Å². The first-order valence-electron chi connectivity index (χ1n) is 5.89. The summed E-state index contributed by atoms with van der Waals surface area (Å²) in [6.07, 6.45) is 0. The zero-order valence-electron chi connectivity index (χ0n) is 11.5. The molecule has 0 atom stereocenters. The molecule has 0 aliphatic heterocycles. The van der Waals surface area contributed by atoms with Gasteiger partial charge in [-0.3, -0.25) is 9.59 Å². The van der Waals surface area contributed by atoms with E-state index in [2.05, 4.69) is 16.0 Å². The third-order valence-electron chi connectivity index (χ3n) is 2.20. The third kappa shape index (κ3) is 4.08. The van der Waals surface area contributed by atoms with Crippen LogP contribution in [0.15, 0.2) is 18.2 Å². The van der Waals surface area contributed by atoms with E-state index in [0.29, 0.717) is 11.1 Å². The molecule has 0 heterocycles. The average molecular weight is 251 g/mol. The fourth-order valence-electron chi connectivity index (χ4n) is 1.32. The van der Waals surface area contributed by atoms with Gasteiger partial charge in [-0.05, 0) is 18.2 Å². The van der Waals surface area contributed by atoms with Crippen LogP contribution in [-0.4, -0.2) is 33.0 Å². The molecule has 0 spiro atoms. The van der Waals surface area contributed by atoms with Gasteiger partial charge in [0, 0.05) is 38.0 Å². The molecule has 100 valence electrons. The van der Waals surface area contributed by atoms with Crippen molar-refractivity contribution in [1.29, 1.82) is 0 Å². The van der Waals surface area contributed by atoms with Crippen LogP contribution in [0.1, 0.15) is 34.6 Å². The fraction of sp³-hybridized carbons (Fsp3) is 0.385. The number of benzene rings is 1. The van der Waals surface area contributed by atoms with Crippen LogP contribution in [0, 0.1) is 0 Å². The normalized spacial score (nSPS) is 8.72. The summed E-state index contributed by atoms with van der Waals surface area (Å²) in [6.45, 7) is 4.00. The molecule has 0 radical (unpaired) electrons. The van der Waals surface area contributed by atoms with Crippen LogP contribution in [0.5, 0.6) is 0 Å². The van der Waals surface area contributed by atoms with E-state index in [1.165, 1.54) is 0 Å². The first-order valence-corrected chi connectivity index (χ1v) is 5.89. The highest BCUT2D eigenvalue weighted by molar-refractivity contribution is 6.00. The Kier molecular flexibility index (Phi) is 7.19. The fourth-order valence-corrected chi connectivity index (χ4v) is 1.32. The maximum Gasteiger partial charge on any atom is 0.251 e. The maximum atomic E-state index is 11.5. The van der Waals surface area contributed by atoms with E-state index in [1.807, 2.05) is 13.8 Å². The van der Waals surface area contributed by atoms with Gasteiger partial charge in [-0.1, -0.05) is 13.8 Å². The van der Waals surface area contributed by atoms with Gasteiger partial charge in [0.1, 0.15) is 0 Å². The van der Waals surface area contributed by atoms with Gasteiger partial charge in [0.05, 0.1) is 0 Å². The molecule has 0 saturated carbocycles. The molecule has 0 aliphatic rings. The van der Waals surface area contributed by atoms with Crippen molar-refractivity contribution in [1.82, 2.24) is 10.6 Å². The molecule has 0 aromatic heterocycles. The lowest BCUT2D eigenvalue weighted by molar-refractivity contribution is 0.0962. The summed E-state index contributed by atoms with van der Waals surface area (Å²) in [5, 5.41) is 7.94. The first kappa shape index (κ1) is 16.0. The molecule has 5 heteroatoms. The smallest absolute Gasteiger partial charge is 0.251 e. The van der Waals surface area contributed by atoms with Crippen LogP contribution in [0.4, 0.5) is 5.69 Å². The van der Waals surface area contributed by atoms with Gasteiger partial charge in [0.2, 0.25) is 0 Å². The molecule has 1 rings (SSSR count). The molecule has 0 fully saturated rings. The average Bonchev–Trinajstić information content (AvgIpc) is 2.46. The summed E-state index contributed by atoms with van der Waals surface area (Å²) in [6, 6.07) is 4.93. The standard InChI is InChI=1S/C11H15N3O2.C2H6/c1-12-9-5-7(10(15)13-2)4-8(6-9)11(16)14-3;1-2/h4-6,12H,1-3H3,(H,13,15)(H,14,16);1-2H3. The van der Waals surface area contributed by atoms with Crippen molar-refractivity contribution in [3.05, 3.63) is 29.3 Å². The largest absolute Gasteiger partial charge is 0.388 e. The molecule has 3 N–H and O–H groups in total. The van der Waals surface area contributed by atoms with Crippen molar-refractivity contribution in [3.8, 4) is 0 Å². The van der Waals surface area contributed by atoms with E-state index in [9.17, 15) is 9.59 Å². The second-order valence-corrected chi connectivity index (χ2v) is 3.21. The van der Waals surface area contributed by atoms with Crippen LogP contribution in [0.2, 0.25) is 0 Å². The lowest BCUT2D eigenvalue weighted by Crippen LogP contribution is -2.21. The van der Waals surface area contributed by atoms with Gasteiger partial charge in [0.25, 0.3) is 11.8 Å². The topological polar surface area (TPSA) is 70.2 Å². The molecule has 0 unspecified atom stereocenters. The second-order valence-electron chi connectivity index (χ2n) is 3.21. The van der Waals surface area contributed by atoms with Crippen LogP contribution in [0.3, 0.4) is 0 Å².